The number of sulfone groups is 1. The van der Waals surface area contributed by atoms with Crippen LogP contribution in [0.25, 0.3) is 10.9 Å². The summed E-state index contributed by atoms with van der Waals surface area (Å²) in [5.74, 6) is 0.247. The molecule has 1 amide bonds. The predicted molar refractivity (Wildman–Crippen MR) is 107 cm³/mol. The van der Waals surface area contributed by atoms with Crippen molar-refractivity contribution in [3.05, 3.63) is 65.9 Å². The van der Waals surface area contributed by atoms with E-state index in [1.165, 1.54) is 0 Å². The Balaban J connectivity index is 1.44. The molecule has 7 heteroatoms. The summed E-state index contributed by atoms with van der Waals surface area (Å²) in [6.45, 7) is 1.72. The molecule has 1 aromatic heterocycles. The summed E-state index contributed by atoms with van der Waals surface area (Å²) in [5, 5.41) is 3.98. The first kappa shape index (κ1) is 17.8. The van der Waals surface area contributed by atoms with Crippen LogP contribution < -0.4 is 5.32 Å². The molecule has 1 aliphatic rings. The topological polar surface area (TPSA) is 82.3 Å². The highest BCUT2D eigenvalue weighted by atomic mass is 32.2. The van der Waals surface area contributed by atoms with E-state index in [0.29, 0.717) is 25.2 Å². The van der Waals surface area contributed by atoms with Crippen molar-refractivity contribution >= 4 is 32.3 Å². The van der Waals surface area contributed by atoms with Crippen LogP contribution in [0.15, 0.2) is 54.7 Å². The van der Waals surface area contributed by atoms with E-state index in [-0.39, 0.29) is 17.4 Å². The molecule has 2 N–H and O–H groups in total. The Hall–Kier alpha value is -2.64. The number of H-pyrrole nitrogens is 1. The lowest BCUT2D eigenvalue weighted by Gasteiger charge is -2.26. The van der Waals surface area contributed by atoms with Crippen molar-refractivity contribution in [2.75, 3.05) is 29.9 Å². The summed E-state index contributed by atoms with van der Waals surface area (Å²) in [6, 6.07) is 15.2. The molecule has 27 heavy (non-hydrogen) atoms. The molecular formula is C20H21N3O3S. The summed E-state index contributed by atoms with van der Waals surface area (Å²) in [6.07, 6.45) is 1.87. The Morgan fingerprint density at radius 3 is 2.70 bits per heavy atom. The number of nitrogens with zero attached hydrogens (tertiary/aromatic N) is 1. The normalized spacial score (nSPS) is 17.0. The molecule has 4 rings (SSSR count). The van der Waals surface area contributed by atoms with Crippen LogP contribution in [-0.2, 0) is 16.4 Å². The SMILES string of the molecule is O=C(Nc1ccc2[nH]ccc2c1)c1cccc(CN2CCS(=O)(=O)CC2)c1. The number of hydrogen-bond acceptors (Lipinski definition) is 4. The number of hydrogen-bond donors (Lipinski definition) is 2. The first-order chi connectivity index (χ1) is 13.0. The first-order valence-electron chi connectivity index (χ1n) is 8.89. The molecule has 0 spiro atoms. The highest BCUT2D eigenvalue weighted by Gasteiger charge is 2.21. The highest BCUT2D eigenvalue weighted by molar-refractivity contribution is 7.91. The molecular weight excluding hydrogens is 362 g/mol. The molecule has 1 aliphatic heterocycles. The Morgan fingerprint density at radius 2 is 1.89 bits per heavy atom. The highest BCUT2D eigenvalue weighted by Crippen LogP contribution is 2.19. The molecule has 3 aromatic rings. The number of carbonyl (C=O) groups is 1. The number of benzene rings is 2. The third kappa shape index (κ3) is 4.20. The van der Waals surface area contributed by atoms with Crippen LogP contribution in [0.1, 0.15) is 15.9 Å². The number of amides is 1. The van der Waals surface area contributed by atoms with Gasteiger partial charge in [-0.3, -0.25) is 9.69 Å². The van der Waals surface area contributed by atoms with Gasteiger partial charge in [0.15, 0.2) is 9.84 Å². The van der Waals surface area contributed by atoms with Crippen LogP contribution in [-0.4, -0.2) is 48.8 Å². The molecule has 0 bridgehead atoms. The zero-order chi connectivity index (χ0) is 18.9. The van der Waals surface area contributed by atoms with E-state index in [9.17, 15) is 13.2 Å². The Bertz CT molecular complexity index is 1070. The molecule has 0 saturated carbocycles. The number of carbonyl (C=O) groups excluding carboxylic acids is 1. The predicted octanol–water partition coefficient (Wildman–Crippen LogP) is 2.65. The van der Waals surface area contributed by atoms with Gasteiger partial charge in [0, 0.05) is 48.0 Å². The maximum atomic E-state index is 12.6. The van der Waals surface area contributed by atoms with Crippen molar-refractivity contribution < 1.29 is 13.2 Å². The maximum absolute atomic E-state index is 12.6. The fourth-order valence-corrected chi connectivity index (χ4v) is 4.59. The van der Waals surface area contributed by atoms with Crippen LogP contribution in [0.3, 0.4) is 0 Å². The lowest BCUT2D eigenvalue weighted by atomic mass is 10.1. The number of fused-ring (bicyclic) bond motifs is 1. The van der Waals surface area contributed by atoms with Gasteiger partial charge in [0.05, 0.1) is 11.5 Å². The number of aromatic nitrogens is 1. The molecule has 1 fully saturated rings. The number of anilines is 1. The van der Waals surface area contributed by atoms with E-state index in [0.717, 1.165) is 22.2 Å². The minimum atomic E-state index is -2.88. The third-order valence-electron chi connectivity index (χ3n) is 4.84. The smallest absolute Gasteiger partial charge is 0.255 e. The number of aromatic amines is 1. The van der Waals surface area contributed by atoms with E-state index in [1.54, 1.807) is 6.07 Å². The first-order valence-corrected chi connectivity index (χ1v) is 10.7. The van der Waals surface area contributed by atoms with E-state index in [1.807, 2.05) is 48.7 Å². The van der Waals surface area contributed by atoms with Gasteiger partial charge in [-0.05, 0) is 42.0 Å². The zero-order valence-electron chi connectivity index (χ0n) is 14.8. The average molecular weight is 383 g/mol. The fraction of sp³-hybridized carbons (Fsp3) is 0.250. The Labute approximate surface area is 158 Å². The third-order valence-corrected chi connectivity index (χ3v) is 6.45. The summed E-state index contributed by atoms with van der Waals surface area (Å²) < 4.78 is 23.1. The van der Waals surface area contributed by atoms with Gasteiger partial charge in [0.25, 0.3) is 5.91 Å². The zero-order valence-corrected chi connectivity index (χ0v) is 15.6. The van der Waals surface area contributed by atoms with Crippen LogP contribution >= 0.6 is 0 Å². The molecule has 0 atom stereocenters. The summed E-state index contributed by atoms with van der Waals surface area (Å²) in [4.78, 5) is 17.8. The molecule has 0 unspecified atom stereocenters. The van der Waals surface area contributed by atoms with Crippen LogP contribution in [0, 0.1) is 0 Å². The minimum Gasteiger partial charge on any atom is -0.361 e. The fourth-order valence-electron chi connectivity index (χ4n) is 3.31. The standard InChI is InChI=1S/C20H21N3O3S/c24-20(22-18-4-5-19-16(13-18)6-7-21-19)17-3-1-2-15(12-17)14-23-8-10-27(25,26)11-9-23/h1-7,12-13,21H,8-11,14H2,(H,22,24). The molecule has 0 radical (unpaired) electrons. The van der Waals surface area contributed by atoms with Crippen LogP contribution in [0.5, 0.6) is 0 Å². The summed E-state index contributed by atoms with van der Waals surface area (Å²) in [5.41, 5.74) is 3.37. The quantitative estimate of drug-likeness (QED) is 0.726. The van der Waals surface area contributed by atoms with Gasteiger partial charge in [-0.1, -0.05) is 12.1 Å². The van der Waals surface area contributed by atoms with Crippen molar-refractivity contribution in [2.24, 2.45) is 0 Å². The summed E-state index contributed by atoms with van der Waals surface area (Å²) >= 11 is 0. The molecule has 6 nitrogen and oxygen atoms in total. The monoisotopic (exact) mass is 383 g/mol. The van der Waals surface area contributed by atoms with Gasteiger partial charge in [0.2, 0.25) is 0 Å². The average Bonchev–Trinajstić information content (AvgIpc) is 3.11. The second-order valence-corrected chi connectivity index (χ2v) is 9.17. The molecule has 2 heterocycles. The van der Waals surface area contributed by atoms with E-state index in [2.05, 4.69) is 15.2 Å². The molecule has 1 saturated heterocycles. The van der Waals surface area contributed by atoms with Gasteiger partial charge in [0.1, 0.15) is 0 Å². The van der Waals surface area contributed by atoms with Gasteiger partial charge < -0.3 is 10.3 Å². The van der Waals surface area contributed by atoms with Crippen molar-refractivity contribution in [2.45, 2.75) is 6.54 Å². The van der Waals surface area contributed by atoms with Gasteiger partial charge in [-0.2, -0.15) is 0 Å². The second kappa shape index (κ2) is 7.17. The van der Waals surface area contributed by atoms with Crippen molar-refractivity contribution in [1.82, 2.24) is 9.88 Å². The largest absolute Gasteiger partial charge is 0.361 e. The lowest BCUT2D eigenvalue weighted by Crippen LogP contribution is -2.39. The van der Waals surface area contributed by atoms with E-state index in [4.69, 9.17) is 0 Å². The van der Waals surface area contributed by atoms with Crippen molar-refractivity contribution in [3.63, 3.8) is 0 Å². The van der Waals surface area contributed by atoms with Crippen LogP contribution in [0.4, 0.5) is 5.69 Å². The van der Waals surface area contributed by atoms with E-state index >= 15 is 0 Å². The molecule has 2 aromatic carbocycles. The van der Waals surface area contributed by atoms with Gasteiger partial charge in [-0.15, -0.1) is 0 Å². The number of nitrogens with one attached hydrogen (secondary N) is 2. The second-order valence-electron chi connectivity index (χ2n) is 6.86. The van der Waals surface area contributed by atoms with Crippen molar-refractivity contribution in [3.8, 4) is 0 Å². The van der Waals surface area contributed by atoms with E-state index < -0.39 is 9.84 Å². The minimum absolute atomic E-state index is 0.159. The Kier molecular flexibility index (Phi) is 4.72. The summed E-state index contributed by atoms with van der Waals surface area (Å²) in [7, 11) is -2.88. The Morgan fingerprint density at radius 1 is 1.07 bits per heavy atom. The molecule has 140 valence electrons. The molecule has 0 aliphatic carbocycles. The maximum Gasteiger partial charge on any atom is 0.255 e. The van der Waals surface area contributed by atoms with Gasteiger partial charge >= 0.3 is 0 Å². The van der Waals surface area contributed by atoms with Crippen molar-refractivity contribution in [1.29, 1.82) is 0 Å². The van der Waals surface area contributed by atoms with Gasteiger partial charge in [-0.25, -0.2) is 8.42 Å². The number of rotatable bonds is 4. The lowest BCUT2D eigenvalue weighted by molar-refractivity contribution is 0.102. The van der Waals surface area contributed by atoms with Crippen LogP contribution in [0.2, 0.25) is 0 Å².